The van der Waals surface area contributed by atoms with Crippen LogP contribution in [0.15, 0.2) is 67.4 Å². The molecule has 0 aliphatic rings. The van der Waals surface area contributed by atoms with Gasteiger partial charge in [0.1, 0.15) is 11.6 Å². The first-order valence-electron chi connectivity index (χ1n) is 10.0. The predicted octanol–water partition coefficient (Wildman–Crippen LogP) is 7.12. The second-order valence-corrected chi connectivity index (χ2v) is 7.37. The van der Waals surface area contributed by atoms with Crippen LogP contribution in [0.3, 0.4) is 0 Å². The van der Waals surface area contributed by atoms with Crippen molar-refractivity contribution in [2.75, 3.05) is 0 Å². The zero-order valence-electron chi connectivity index (χ0n) is 17.2. The van der Waals surface area contributed by atoms with Crippen molar-refractivity contribution in [1.82, 2.24) is 4.98 Å². The van der Waals surface area contributed by atoms with Gasteiger partial charge in [0.2, 0.25) is 0 Å². The van der Waals surface area contributed by atoms with Crippen molar-refractivity contribution >= 4 is 10.8 Å². The van der Waals surface area contributed by atoms with Crippen LogP contribution in [-0.4, -0.2) is 4.98 Å². The number of aromatic nitrogens is 1. The van der Waals surface area contributed by atoms with Gasteiger partial charge in [-0.15, -0.1) is 6.58 Å². The lowest BCUT2D eigenvalue weighted by Crippen LogP contribution is -1.95. The van der Waals surface area contributed by atoms with Gasteiger partial charge >= 0.3 is 0 Å². The van der Waals surface area contributed by atoms with Crippen molar-refractivity contribution < 1.29 is 22.0 Å². The van der Waals surface area contributed by atoms with Gasteiger partial charge in [0.15, 0.2) is 17.5 Å². The minimum Gasteiger partial charge on any atom is -0.256 e. The molecule has 0 saturated carbocycles. The Morgan fingerprint density at radius 3 is 2.24 bits per heavy atom. The van der Waals surface area contributed by atoms with Crippen molar-refractivity contribution in [2.24, 2.45) is 0 Å². The van der Waals surface area contributed by atoms with Gasteiger partial charge in [-0.3, -0.25) is 4.98 Å². The summed E-state index contributed by atoms with van der Waals surface area (Å²) in [4.78, 5) is 4.26. The fraction of sp³-hybridized carbons (Fsp3) is 0.0741. The molecular weight excluding hydrogens is 433 g/mol. The van der Waals surface area contributed by atoms with Crippen molar-refractivity contribution in [3.05, 3.63) is 113 Å². The highest BCUT2D eigenvalue weighted by Crippen LogP contribution is 2.25. The lowest BCUT2D eigenvalue weighted by atomic mass is 10.0. The minimum absolute atomic E-state index is 0.0807. The molecule has 33 heavy (non-hydrogen) atoms. The van der Waals surface area contributed by atoms with Crippen LogP contribution in [0.5, 0.6) is 0 Å². The number of nitrogens with zero attached hydrogens (tertiary/aromatic N) is 1. The maximum atomic E-state index is 14.6. The number of rotatable bonds is 4. The molecule has 0 N–H and O–H groups in total. The molecular formula is C27H16F5N. The molecule has 4 aromatic rings. The molecule has 0 unspecified atom stereocenters. The van der Waals surface area contributed by atoms with E-state index in [1.165, 1.54) is 18.2 Å². The van der Waals surface area contributed by atoms with Crippen molar-refractivity contribution in [2.45, 2.75) is 12.8 Å². The third kappa shape index (κ3) is 4.63. The van der Waals surface area contributed by atoms with Gasteiger partial charge in [0.05, 0.1) is 11.3 Å². The van der Waals surface area contributed by atoms with Crippen LogP contribution in [0, 0.1) is 40.9 Å². The number of aryl methyl sites for hydroxylation is 1. The number of hydrogen-bond acceptors (Lipinski definition) is 1. The molecule has 164 valence electrons. The summed E-state index contributed by atoms with van der Waals surface area (Å²) in [7, 11) is 0. The molecule has 0 bridgehead atoms. The monoisotopic (exact) mass is 449 g/mol. The molecule has 1 nitrogen and oxygen atoms in total. The Balaban J connectivity index is 1.64. The Morgan fingerprint density at radius 2 is 1.58 bits per heavy atom. The van der Waals surface area contributed by atoms with E-state index in [0.717, 1.165) is 36.6 Å². The van der Waals surface area contributed by atoms with Crippen LogP contribution in [0.25, 0.3) is 22.0 Å². The van der Waals surface area contributed by atoms with Crippen LogP contribution in [0.1, 0.15) is 23.1 Å². The molecule has 4 rings (SSSR count). The summed E-state index contributed by atoms with van der Waals surface area (Å²) in [6.45, 7) is 3.67. The van der Waals surface area contributed by atoms with Crippen LogP contribution < -0.4 is 0 Å². The fourth-order valence-electron chi connectivity index (χ4n) is 3.37. The highest BCUT2D eigenvalue weighted by atomic mass is 19.2. The van der Waals surface area contributed by atoms with Crippen LogP contribution >= 0.6 is 0 Å². The first-order chi connectivity index (χ1) is 15.9. The lowest BCUT2D eigenvalue weighted by Gasteiger charge is -2.06. The Kier molecular flexibility index (Phi) is 6.23. The van der Waals surface area contributed by atoms with Crippen LogP contribution in [0.2, 0.25) is 0 Å². The largest absolute Gasteiger partial charge is 0.256 e. The first-order valence-corrected chi connectivity index (χ1v) is 10.0. The molecule has 0 fully saturated rings. The zero-order valence-corrected chi connectivity index (χ0v) is 17.2. The average molecular weight is 449 g/mol. The second kappa shape index (κ2) is 9.25. The third-order valence-electron chi connectivity index (χ3n) is 5.10. The SMILES string of the molecule is C=CCCc1ccc(-c2cc(F)c(C#Cc3ccc4c(F)c(F)c(F)cc4c3)c(F)c2)nc1. The van der Waals surface area contributed by atoms with E-state index < -0.39 is 34.6 Å². The Bertz CT molecular complexity index is 1410. The van der Waals surface area contributed by atoms with Crippen LogP contribution in [-0.2, 0) is 6.42 Å². The third-order valence-corrected chi connectivity index (χ3v) is 5.10. The minimum atomic E-state index is -1.56. The molecule has 0 saturated heterocycles. The topological polar surface area (TPSA) is 12.9 Å². The van der Waals surface area contributed by atoms with Gasteiger partial charge in [-0.2, -0.15) is 0 Å². The van der Waals surface area contributed by atoms with Gasteiger partial charge in [-0.25, -0.2) is 22.0 Å². The standard InChI is InChI=1S/C27H16F5N/c1-2-3-4-17-7-10-25(33-15-17)19-13-22(28)21(23(29)14-19)9-6-16-5-8-20-18(11-16)12-24(30)27(32)26(20)31/h2,5,7-8,10-15H,1,3-4H2. The molecule has 0 atom stereocenters. The lowest BCUT2D eigenvalue weighted by molar-refractivity contribution is 0.453. The van der Waals surface area contributed by atoms with Crippen molar-refractivity contribution in [3.8, 4) is 23.1 Å². The van der Waals surface area contributed by atoms with Gasteiger partial charge < -0.3 is 0 Å². The summed E-state index contributed by atoms with van der Waals surface area (Å²) in [5.74, 6) is -0.930. The number of halogens is 5. The number of pyridine rings is 1. The van der Waals surface area contributed by atoms with Crippen molar-refractivity contribution in [1.29, 1.82) is 0 Å². The van der Waals surface area contributed by atoms with Crippen molar-refractivity contribution in [3.63, 3.8) is 0 Å². The maximum absolute atomic E-state index is 14.6. The number of benzene rings is 3. The Hall–Kier alpha value is -3.98. The maximum Gasteiger partial charge on any atom is 0.195 e. The molecule has 3 aromatic carbocycles. The van der Waals surface area contributed by atoms with Gasteiger partial charge in [0.25, 0.3) is 0 Å². The van der Waals surface area contributed by atoms with E-state index in [0.29, 0.717) is 5.69 Å². The summed E-state index contributed by atoms with van der Waals surface area (Å²) in [5.41, 5.74) is 1.48. The van der Waals surface area contributed by atoms with E-state index >= 15 is 0 Å². The summed E-state index contributed by atoms with van der Waals surface area (Å²) < 4.78 is 70.0. The molecule has 6 heteroatoms. The Labute approximate surface area is 187 Å². The normalized spacial score (nSPS) is 10.7. The quantitative estimate of drug-likeness (QED) is 0.140. The van der Waals surface area contributed by atoms with Gasteiger partial charge in [-0.05, 0) is 60.2 Å². The van der Waals surface area contributed by atoms with E-state index in [1.54, 1.807) is 18.3 Å². The smallest absolute Gasteiger partial charge is 0.195 e. The molecule has 0 spiro atoms. The van der Waals surface area contributed by atoms with Crippen LogP contribution in [0.4, 0.5) is 22.0 Å². The molecule has 0 amide bonds. The highest BCUT2D eigenvalue weighted by molar-refractivity contribution is 5.84. The second-order valence-electron chi connectivity index (χ2n) is 7.37. The average Bonchev–Trinajstić information content (AvgIpc) is 2.81. The fourth-order valence-corrected chi connectivity index (χ4v) is 3.37. The summed E-state index contributed by atoms with van der Waals surface area (Å²) >= 11 is 0. The van der Waals surface area contributed by atoms with Gasteiger partial charge in [-0.1, -0.05) is 30.0 Å². The summed E-state index contributed by atoms with van der Waals surface area (Å²) in [6, 6.07) is 10.6. The highest BCUT2D eigenvalue weighted by Gasteiger charge is 2.14. The molecule has 0 aliphatic carbocycles. The number of fused-ring (bicyclic) bond motifs is 1. The zero-order chi connectivity index (χ0) is 23.5. The van der Waals surface area contributed by atoms with E-state index in [4.69, 9.17) is 0 Å². The predicted molar refractivity (Wildman–Crippen MR) is 118 cm³/mol. The van der Waals surface area contributed by atoms with E-state index in [9.17, 15) is 22.0 Å². The number of hydrogen-bond donors (Lipinski definition) is 0. The molecule has 0 radical (unpaired) electrons. The molecule has 1 aromatic heterocycles. The molecule has 1 heterocycles. The number of allylic oxidation sites excluding steroid dienone is 1. The van der Waals surface area contributed by atoms with E-state index in [1.807, 2.05) is 6.07 Å². The summed E-state index contributed by atoms with van der Waals surface area (Å²) in [6.07, 6.45) is 5.03. The Morgan fingerprint density at radius 1 is 0.818 bits per heavy atom. The first kappa shape index (κ1) is 22.2. The molecule has 0 aliphatic heterocycles. The summed E-state index contributed by atoms with van der Waals surface area (Å²) in [5, 5.41) is -0.0405. The van der Waals surface area contributed by atoms with Gasteiger partial charge in [0, 0.05) is 22.7 Å². The van der Waals surface area contributed by atoms with E-state index in [2.05, 4.69) is 23.4 Å². The van der Waals surface area contributed by atoms with E-state index in [-0.39, 0.29) is 21.9 Å².